The Kier molecular flexibility index (Phi) is 9.11. The number of methoxy groups -OCH3 is 1. The summed E-state index contributed by atoms with van der Waals surface area (Å²) in [4.78, 5) is 4.21. The molecule has 1 atom stereocenters. The molecule has 2 rings (SSSR count). The molecule has 1 unspecified atom stereocenters. The largest absolute Gasteiger partial charge is 0.493 e. The van der Waals surface area contributed by atoms with E-state index in [1.165, 1.54) is 0 Å². The molecule has 8 heteroatoms. The number of guanidine groups is 1. The fraction of sp³-hybridized carbons (Fsp3) is 0.412. The van der Waals surface area contributed by atoms with Crippen LogP contribution in [0.4, 0.5) is 0 Å². The topological polar surface area (TPSA) is 72.7 Å². The van der Waals surface area contributed by atoms with Crippen molar-refractivity contribution in [2.24, 2.45) is 12.0 Å². The van der Waals surface area contributed by atoms with Gasteiger partial charge in [-0.05, 0) is 25.1 Å². The number of nitrogens with zero attached hydrogens (tertiary/aromatic N) is 3. The van der Waals surface area contributed by atoms with E-state index >= 15 is 0 Å². The lowest BCUT2D eigenvalue weighted by molar-refractivity contribution is 0.213. The third-order valence-electron chi connectivity index (χ3n) is 3.54. The Morgan fingerprint density at radius 2 is 1.96 bits per heavy atom. The highest BCUT2D eigenvalue weighted by molar-refractivity contribution is 14.0. The van der Waals surface area contributed by atoms with E-state index in [9.17, 15) is 0 Å². The minimum Gasteiger partial charge on any atom is -0.493 e. The number of benzene rings is 1. The Morgan fingerprint density at radius 3 is 2.56 bits per heavy atom. The summed E-state index contributed by atoms with van der Waals surface area (Å²) in [7, 11) is 5.29. The number of halogens is 1. The molecule has 0 saturated carbocycles. The number of nitrogens with one attached hydrogen (secondary N) is 2. The maximum atomic E-state index is 5.92. The number of hydrogen-bond acceptors (Lipinski definition) is 4. The summed E-state index contributed by atoms with van der Waals surface area (Å²) in [6.45, 7) is 3.26. The molecule has 138 valence electrons. The van der Waals surface area contributed by atoms with E-state index in [0.29, 0.717) is 19.0 Å². The third kappa shape index (κ3) is 6.45. The Hall–Kier alpha value is -1.97. The number of hydrogen-bond donors (Lipinski definition) is 2. The van der Waals surface area contributed by atoms with Crippen molar-refractivity contribution < 1.29 is 9.47 Å². The molecule has 0 saturated heterocycles. The van der Waals surface area contributed by atoms with Crippen LogP contribution in [-0.4, -0.2) is 42.5 Å². The molecule has 1 aromatic heterocycles. The molecule has 0 bridgehead atoms. The van der Waals surface area contributed by atoms with Crippen molar-refractivity contribution in [3.63, 3.8) is 0 Å². The van der Waals surface area contributed by atoms with Crippen molar-refractivity contribution in [3.05, 3.63) is 42.2 Å². The lowest BCUT2D eigenvalue weighted by Gasteiger charge is -2.19. The van der Waals surface area contributed by atoms with E-state index in [1.807, 2.05) is 49.0 Å². The van der Waals surface area contributed by atoms with Crippen molar-refractivity contribution in [2.75, 3.05) is 20.7 Å². The zero-order valence-corrected chi connectivity index (χ0v) is 17.4. The zero-order valence-electron chi connectivity index (χ0n) is 15.0. The van der Waals surface area contributed by atoms with Crippen molar-refractivity contribution in [1.29, 1.82) is 0 Å². The van der Waals surface area contributed by atoms with Crippen LogP contribution in [0.2, 0.25) is 0 Å². The van der Waals surface area contributed by atoms with Gasteiger partial charge in [-0.15, -0.1) is 24.0 Å². The molecule has 7 nitrogen and oxygen atoms in total. The van der Waals surface area contributed by atoms with Crippen molar-refractivity contribution in [2.45, 2.75) is 19.6 Å². The van der Waals surface area contributed by atoms with Gasteiger partial charge in [-0.3, -0.25) is 9.67 Å². The summed E-state index contributed by atoms with van der Waals surface area (Å²) in [6, 6.07) is 9.58. The first-order chi connectivity index (χ1) is 11.6. The maximum Gasteiger partial charge on any atom is 0.191 e. The molecule has 25 heavy (non-hydrogen) atoms. The number of ether oxygens (including phenoxy) is 2. The molecular weight excluding hydrogens is 433 g/mol. The van der Waals surface area contributed by atoms with E-state index in [0.717, 1.165) is 17.2 Å². The first-order valence-corrected chi connectivity index (χ1v) is 7.85. The van der Waals surface area contributed by atoms with Gasteiger partial charge in [0.25, 0.3) is 0 Å². The van der Waals surface area contributed by atoms with Gasteiger partial charge in [0.15, 0.2) is 17.5 Å². The molecule has 2 N–H and O–H groups in total. The van der Waals surface area contributed by atoms with Crippen LogP contribution >= 0.6 is 24.0 Å². The van der Waals surface area contributed by atoms with E-state index in [1.54, 1.807) is 20.4 Å². The number of para-hydroxylation sites is 2. The van der Waals surface area contributed by atoms with Gasteiger partial charge in [-0.2, -0.15) is 5.10 Å². The monoisotopic (exact) mass is 459 g/mol. The Labute approximate surface area is 165 Å². The summed E-state index contributed by atoms with van der Waals surface area (Å²) >= 11 is 0. The van der Waals surface area contributed by atoms with Crippen molar-refractivity contribution >= 4 is 29.9 Å². The molecule has 0 fully saturated rings. The second-order valence-electron chi connectivity index (χ2n) is 5.33. The summed E-state index contributed by atoms with van der Waals surface area (Å²) in [5, 5.41) is 10.6. The van der Waals surface area contributed by atoms with Gasteiger partial charge < -0.3 is 20.1 Å². The SMILES string of the molecule is CN=C(NCc1ccnn1C)NCC(C)Oc1ccccc1OC.I. The highest BCUT2D eigenvalue weighted by Crippen LogP contribution is 2.26. The van der Waals surface area contributed by atoms with Crippen LogP contribution in [0, 0.1) is 0 Å². The Morgan fingerprint density at radius 1 is 1.24 bits per heavy atom. The molecular formula is C17H26IN5O2. The normalized spacial score (nSPS) is 12.1. The van der Waals surface area contributed by atoms with Crippen LogP contribution in [0.3, 0.4) is 0 Å². The molecule has 0 aliphatic rings. The maximum absolute atomic E-state index is 5.92. The van der Waals surface area contributed by atoms with Gasteiger partial charge in [0.05, 0.1) is 25.9 Å². The Balaban J connectivity index is 0.00000312. The second-order valence-corrected chi connectivity index (χ2v) is 5.33. The zero-order chi connectivity index (χ0) is 17.4. The minimum absolute atomic E-state index is 0. The van der Waals surface area contributed by atoms with E-state index in [4.69, 9.17) is 9.47 Å². The average Bonchev–Trinajstić information content (AvgIpc) is 3.00. The van der Waals surface area contributed by atoms with Crippen LogP contribution < -0.4 is 20.1 Å². The Bertz CT molecular complexity index is 675. The van der Waals surface area contributed by atoms with Crippen LogP contribution in [0.1, 0.15) is 12.6 Å². The van der Waals surface area contributed by atoms with Crippen molar-refractivity contribution in [3.8, 4) is 11.5 Å². The summed E-state index contributed by atoms with van der Waals surface area (Å²) in [5.41, 5.74) is 1.08. The molecule has 0 aliphatic carbocycles. The highest BCUT2D eigenvalue weighted by Gasteiger charge is 2.09. The minimum atomic E-state index is -0.0449. The van der Waals surface area contributed by atoms with E-state index < -0.39 is 0 Å². The molecule has 0 aliphatic heterocycles. The molecule has 2 aromatic rings. The van der Waals surface area contributed by atoms with Crippen LogP contribution in [-0.2, 0) is 13.6 Å². The predicted molar refractivity (Wildman–Crippen MR) is 110 cm³/mol. The molecule has 1 heterocycles. The van der Waals surface area contributed by atoms with Crippen LogP contribution in [0.15, 0.2) is 41.5 Å². The molecule has 0 radical (unpaired) electrons. The van der Waals surface area contributed by atoms with E-state index in [2.05, 4.69) is 20.7 Å². The number of aromatic nitrogens is 2. The van der Waals surface area contributed by atoms with Gasteiger partial charge in [0.1, 0.15) is 6.10 Å². The molecule has 1 aromatic carbocycles. The molecule has 0 amide bonds. The third-order valence-corrected chi connectivity index (χ3v) is 3.54. The fourth-order valence-corrected chi connectivity index (χ4v) is 2.18. The summed E-state index contributed by atoms with van der Waals surface area (Å²) < 4.78 is 13.0. The average molecular weight is 459 g/mol. The van der Waals surface area contributed by atoms with Gasteiger partial charge in [0.2, 0.25) is 0 Å². The standard InChI is InChI=1S/C17H25N5O2.HI/c1-13(24-16-8-6-5-7-15(16)23-4)11-19-17(18-2)20-12-14-9-10-21-22(14)3;/h5-10,13H,11-12H2,1-4H3,(H2,18,19,20);1H. The lowest BCUT2D eigenvalue weighted by atomic mass is 10.3. The van der Waals surface area contributed by atoms with Crippen LogP contribution in [0.5, 0.6) is 11.5 Å². The number of rotatable bonds is 7. The summed E-state index contributed by atoms with van der Waals surface area (Å²) in [6.07, 6.45) is 1.73. The second kappa shape index (κ2) is 10.8. The first kappa shape index (κ1) is 21.1. The van der Waals surface area contributed by atoms with Gasteiger partial charge in [0, 0.05) is 20.3 Å². The molecule has 0 spiro atoms. The quantitative estimate of drug-likeness (QED) is 0.378. The first-order valence-electron chi connectivity index (χ1n) is 7.85. The van der Waals surface area contributed by atoms with Crippen molar-refractivity contribution in [1.82, 2.24) is 20.4 Å². The lowest BCUT2D eigenvalue weighted by Crippen LogP contribution is -2.41. The van der Waals surface area contributed by atoms with E-state index in [-0.39, 0.29) is 30.1 Å². The smallest absolute Gasteiger partial charge is 0.191 e. The number of aliphatic imine (C=N–C) groups is 1. The summed E-state index contributed by atoms with van der Waals surface area (Å²) in [5.74, 6) is 2.17. The van der Waals surface area contributed by atoms with Gasteiger partial charge >= 0.3 is 0 Å². The predicted octanol–water partition coefficient (Wildman–Crippen LogP) is 2.18. The van der Waals surface area contributed by atoms with Crippen LogP contribution in [0.25, 0.3) is 0 Å². The fourth-order valence-electron chi connectivity index (χ4n) is 2.18. The van der Waals surface area contributed by atoms with Gasteiger partial charge in [-0.25, -0.2) is 0 Å². The highest BCUT2D eigenvalue weighted by atomic mass is 127. The number of aryl methyl sites for hydroxylation is 1. The van der Waals surface area contributed by atoms with Gasteiger partial charge in [-0.1, -0.05) is 12.1 Å².